The van der Waals surface area contributed by atoms with Crippen molar-refractivity contribution in [2.75, 3.05) is 19.0 Å². The largest absolute Gasteiger partial charge is 0.494 e. The van der Waals surface area contributed by atoms with Crippen molar-refractivity contribution in [3.63, 3.8) is 0 Å². The molecule has 0 aliphatic carbocycles. The Balaban J connectivity index is 1.56. The first-order valence-electron chi connectivity index (χ1n) is 11.6. The molecule has 1 aliphatic heterocycles. The number of benzene rings is 2. The molecule has 0 radical (unpaired) electrons. The lowest BCUT2D eigenvalue weighted by atomic mass is 10.0. The highest BCUT2D eigenvalue weighted by Crippen LogP contribution is 2.24. The molecule has 5 nitrogen and oxygen atoms in total. The van der Waals surface area contributed by atoms with Gasteiger partial charge in [0.05, 0.1) is 11.3 Å². The number of aromatic nitrogens is 1. The second-order valence-electron chi connectivity index (χ2n) is 8.52. The molecule has 0 unspecified atom stereocenters. The van der Waals surface area contributed by atoms with Crippen LogP contribution in [0, 0.1) is 0 Å². The van der Waals surface area contributed by atoms with Gasteiger partial charge in [-0.1, -0.05) is 36.8 Å². The molecule has 0 amide bonds. The Bertz CT molecular complexity index is 1190. The fourth-order valence-corrected chi connectivity index (χ4v) is 4.36. The average molecular weight is 464 g/mol. The molecule has 3 aromatic rings. The second kappa shape index (κ2) is 11.3. The van der Waals surface area contributed by atoms with Gasteiger partial charge in [-0.2, -0.15) is 0 Å². The van der Waals surface area contributed by atoms with E-state index >= 15 is 0 Å². The fourth-order valence-electron chi connectivity index (χ4n) is 4.20. The number of nitrogens with one attached hydrogen (secondary N) is 1. The smallest absolute Gasteiger partial charge is 0.258 e. The van der Waals surface area contributed by atoms with E-state index in [4.69, 9.17) is 11.6 Å². The molecule has 0 bridgehead atoms. The Morgan fingerprint density at radius 1 is 1.06 bits per heavy atom. The van der Waals surface area contributed by atoms with Gasteiger partial charge in [-0.25, -0.2) is 0 Å². The number of pyridine rings is 1. The van der Waals surface area contributed by atoms with E-state index in [1.165, 1.54) is 37.9 Å². The summed E-state index contributed by atoms with van der Waals surface area (Å²) in [6, 6.07) is 13.8. The highest BCUT2D eigenvalue weighted by atomic mass is 35.5. The van der Waals surface area contributed by atoms with Gasteiger partial charge >= 0.3 is 0 Å². The average Bonchev–Trinajstić information content (AvgIpc) is 2.83. The number of rotatable bonds is 8. The number of allylic oxidation sites excluding steroid dienone is 1. The van der Waals surface area contributed by atoms with Crippen molar-refractivity contribution in [3.05, 3.63) is 75.6 Å². The highest BCUT2D eigenvalue weighted by Gasteiger charge is 2.11. The number of H-pyrrole nitrogens is 1. The lowest BCUT2D eigenvalue weighted by Crippen LogP contribution is -2.28. The molecule has 1 saturated heterocycles. The highest BCUT2D eigenvalue weighted by molar-refractivity contribution is 6.17. The third-order valence-corrected chi connectivity index (χ3v) is 6.28. The number of alkyl halides is 1. The Morgan fingerprint density at radius 3 is 2.61 bits per heavy atom. The summed E-state index contributed by atoms with van der Waals surface area (Å²) in [5, 5.41) is 11.6. The zero-order valence-electron chi connectivity index (χ0n) is 18.8. The number of aromatic amines is 1. The number of halogens is 1. The molecule has 2 heterocycles. The third kappa shape index (κ3) is 6.12. The molecular weight excluding hydrogens is 434 g/mol. The molecule has 1 fully saturated rings. The van der Waals surface area contributed by atoms with E-state index in [1.54, 1.807) is 12.3 Å². The Hall–Kier alpha value is -2.89. The van der Waals surface area contributed by atoms with Gasteiger partial charge in [0.15, 0.2) is 0 Å². The summed E-state index contributed by atoms with van der Waals surface area (Å²) in [5.74, 6) is 0.451. The second-order valence-corrected chi connectivity index (χ2v) is 8.89. The number of aromatic hydroxyl groups is 1. The molecule has 6 heteroatoms. The molecular formula is C27H30ClN3O2. The van der Waals surface area contributed by atoms with Crippen molar-refractivity contribution < 1.29 is 5.11 Å². The summed E-state index contributed by atoms with van der Waals surface area (Å²) in [4.78, 5) is 21.9. The maximum absolute atomic E-state index is 12.3. The van der Waals surface area contributed by atoms with Gasteiger partial charge in [-0.3, -0.25) is 19.7 Å². The van der Waals surface area contributed by atoms with Crippen molar-refractivity contribution in [1.82, 2.24) is 9.88 Å². The molecule has 0 spiro atoms. The number of hydrogen-bond acceptors (Lipinski definition) is 4. The summed E-state index contributed by atoms with van der Waals surface area (Å²) < 4.78 is 0. The zero-order chi connectivity index (χ0) is 23.0. The summed E-state index contributed by atoms with van der Waals surface area (Å²) in [7, 11) is 0. The first-order chi connectivity index (χ1) is 16.1. The molecule has 1 aromatic heterocycles. The minimum Gasteiger partial charge on any atom is -0.494 e. The standard InChI is InChI=1S/C27H30ClN3O2/c28-14-4-1-3-7-20-10-13-23-24(17-20)25(27(33)30-26(23)32)18-29-22-11-8-21(9-12-22)19-31-15-5-2-6-16-31/h3,7-13,17-18H,1-2,4-6,14-16,19H2,(H2,30,32,33). The molecule has 2 aromatic carbocycles. The van der Waals surface area contributed by atoms with Crippen molar-refractivity contribution in [1.29, 1.82) is 0 Å². The zero-order valence-corrected chi connectivity index (χ0v) is 19.5. The van der Waals surface area contributed by atoms with Crippen LogP contribution in [0.3, 0.4) is 0 Å². The first-order valence-corrected chi connectivity index (χ1v) is 12.1. The SMILES string of the molecule is O=c1[nH]c(O)c(C=Nc2ccc(CN3CCCCC3)cc2)c2cc(C=CCCCCl)ccc12. The van der Waals surface area contributed by atoms with Crippen LogP contribution in [0.2, 0.25) is 0 Å². The summed E-state index contributed by atoms with van der Waals surface area (Å²) >= 11 is 5.74. The topological polar surface area (TPSA) is 68.7 Å². The van der Waals surface area contributed by atoms with Crippen molar-refractivity contribution in [3.8, 4) is 5.88 Å². The van der Waals surface area contributed by atoms with Gasteiger partial charge in [-0.15, -0.1) is 11.6 Å². The monoisotopic (exact) mass is 463 g/mol. The lowest BCUT2D eigenvalue weighted by Gasteiger charge is -2.26. The molecule has 33 heavy (non-hydrogen) atoms. The summed E-state index contributed by atoms with van der Waals surface area (Å²) in [6.07, 6.45) is 11.4. The predicted octanol–water partition coefficient (Wildman–Crippen LogP) is 6.00. The molecule has 0 atom stereocenters. The fraction of sp³-hybridized carbons (Fsp3) is 0.333. The molecule has 172 valence electrons. The van der Waals surface area contributed by atoms with Crippen LogP contribution in [0.4, 0.5) is 5.69 Å². The van der Waals surface area contributed by atoms with Gasteiger partial charge in [0.1, 0.15) is 0 Å². The molecule has 2 N–H and O–H groups in total. The predicted molar refractivity (Wildman–Crippen MR) is 138 cm³/mol. The Labute approximate surface area is 199 Å². The van der Waals surface area contributed by atoms with Crippen LogP contribution in [-0.4, -0.2) is 40.2 Å². The van der Waals surface area contributed by atoms with Crippen LogP contribution in [0.25, 0.3) is 16.8 Å². The maximum Gasteiger partial charge on any atom is 0.258 e. The van der Waals surface area contributed by atoms with Gasteiger partial charge in [0, 0.05) is 29.4 Å². The van der Waals surface area contributed by atoms with E-state index in [9.17, 15) is 9.90 Å². The number of piperidine rings is 1. The number of unbranched alkanes of at least 4 members (excludes halogenated alkanes) is 1. The minimum atomic E-state index is -0.320. The van der Waals surface area contributed by atoms with E-state index in [0.717, 1.165) is 30.6 Å². The lowest BCUT2D eigenvalue weighted by molar-refractivity contribution is 0.221. The number of aliphatic imine (C=N–C) groups is 1. The third-order valence-electron chi connectivity index (χ3n) is 6.01. The number of nitrogens with zero attached hydrogens (tertiary/aromatic N) is 2. The first kappa shape index (κ1) is 23.3. The van der Waals surface area contributed by atoms with E-state index in [-0.39, 0.29) is 11.4 Å². The normalized spacial score (nSPS) is 15.2. The maximum atomic E-state index is 12.3. The van der Waals surface area contributed by atoms with E-state index < -0.39 is 0 Å². The number of likely N-dealkylation sites (tertiary alicyclic amines) is 1. The summed E-state index contributed by atoms with van der Waals surface area (Å²) in [6.45, 7) is 3.31. The Morgan fingerprint density at radius 2 is 1.85 bits per heavy atom. The molecule has 0 saturated carbocycles. The quantitative estimate of drug-likeness (QED) is 0.244. The van der Waals surface area contributed by atoms with Crippen LogP contribution in [0.15, 0.2) is 58.3 Å². The van der Waals surface area contributed by atoms with Crippen LogP contribution in [-0.2, 0) is 6.54 Å². The van der Waals surface area contributed by atoms with Crippen LogP contribution < -0.4 is 5.56 Å². The van der Waals surface area contributed by atoms with Gasteiger partial charge in [0.2, 0.25) is 5.88 Å². The van der Waals surface area contributed by atoms with Gasteiger partial charge < -0.3 is 5.11 Å². The van der Waals surface area contributed by atoms with Crippen molar-refractivity contribution in [2.45, 2.75) is 38.6 Å². The van der Waals surface area contributed by atoms with Crippen LogP contribution >= 0.6 is 11.6 Å². The van der Waals surface area contributed by atoms with Gasteiger partial charge in [-0.05, 0) is 74.2 Å². The van der Waals surface area contributed by atoms with E-state index in [0.29, 0.717) is 22.2 Å². The minimum absolute atomic E-state index is 0.179. The number of fused-ring (bicyclic) bond motifs is 1. The van der Waals surface area contributed by atoms with E-state index in [2.05, 4.69) is 33.1 Å². The van der Waals surface area contributed by atoms with Crippen molar-refractivity contribution >= 4 is 40.4 Å². The molecule has 4 rings (SSSR count). The molecule has 1 aliphatic rings. The van der Waals surface area contributed by atoms with E-state index in [1.807, 2.05) is 30.3 Å². The van der Waals surface area contributed by atoms with Crippen LogP contribution in [0.5, 0.6) is 5.88 Å². The summed E-state index contributed by atoms with van der Waals surface area (Å²) in [5.41, 5.74) is 3.21. The van der Waals surface area contributed by atoms with Crippen LogP contribution in [0.1, 0.15) is 48.8 Å². The van der Waals surface area contributed by atoms with Crippen molar-refractivity contribution in [2.24, 2.45) is 4.99 Å². The van der Waals surface area contributed by atoms with Gasteiger partial charge in [0.25, 0.3) is 5.56 Å². The number of hydrogen-bond donors (Lipinski definition) is 2. The Kier molecular flexibility index (Phi) is 7.97.